The predicted molar refractivity (Wildman–Crippen MR) is 129 cm³/mol. The molecule has 168 valence electrons. The van der Waals surface area contributed by atoms with E-state index in [0.29, 0.717) is 6.67 Å². The summed E-state index contributed by atoms with van der Waals surface area (Å²) in [5, 5.41) is 1.82. The van der Waals surface area contributed by atoms with Crippen LogP contribution in [-0.2, 0) is 6.18 Å². The van der Waals surface area contributed by atoms with Gasteiger partial charge < -0.3 is 9.80 Å². The van der Waals surface area contributed by atoms with Crippen molar-refractivity contribution >= 4 is 38.9 Å². The topological polar surface area (TPSA) is 32.3 Å². The molecule has 0 saturated heterocycles. The Bertz CT molecular complexity index is 1560. The van der Waals surface area contributed by atoms with Crippen LogP contribution in [0.15, 0.2) is 85.2 Å². The standard InChI is InChI=1S/C27H19F3N4/c1-33-16-34(24-9-5-3-7-21(24)27(28,29)30)26-20-13-17(10-11-23(20)32-15-25(26)33)19-12-18-6-2-4-8-22(18)31-14-19/h2-15H,16H2,1H3. The van der Waals surface area contributed by atoms with Gasteiger partial charge in [0.25, 0.3) is 0 Å². The lowest BCUT2D eigenvalue weighted by atomic mass is 10.0. The third-order valence-corrected chi connectivity index (χ3v) is 6.28. The first-order chi connectivity index (χ1) is 16.4. The molecule has 34 heavy (non-hydrogen) atoms. The van der Waals surface area contributed by atoms with Crippen molar-refractivity contribution in [3.63, 3.8) is 0 Å². The molecule has 0 bridgehead atoms. The number of para-hydroxylation sites is 2. The Labute approximate surface area is 193 Å². The Hall–Kier alpha value is -4.13. The molecule has 0 radical (unpaired) electrons. The highest BCUT2D eigenvalue weighted by molar-refractivity contribution is 6.04. The van der Waals surface area contributed by atoms with Crippen LogP contribution in [0, 0.1) is 0 Å². The maximum absolute atomic E-state index is 13.8. The number of nitrogens with zero attached hydrogens (tertiary/aromatic N) is 4. The van der Waals surface area contributed by atoms with Gasteiger partial charge in [0.15, 0.2) is 0 Å². The van der Waals surface area contributed by atoms with Crippen LogP contribution >= 0.6 is 0 Å². The van der Waals surface area contributed by atoms with Gasteiger partial charge in [-0.3, -0.25) is 9.97 Å². The molecule has 0 unspecified atom stereocenters. The van der Waals surface area contributed by atoms with Gasteiger partial charge in [0, 0.05) is 29.6 Å². The van der Waals surface area contributed by atoms with Gasteiger partial charge in [-0.1, -0.05) is 36.4 Å². The summed E-state index contributed by atoms with van der Waals surface area (Å²) < 4.78 is 41.5. The summed E-state index contributed by atoms with van der Waals surface area (Å²) in [7, 11) is 1.86. The van der Waals surface area contributed by atoms with E-state index in [2.05, 4.69) is 16.0 Å². The van der Waals surface area contributed by atoms with Gasteiger partial charge in [-0.05, 0) is 42.0 Å². The summed E-state index contributed by atoms with van der Waals surface area (Å²) in [4.78, 5) is 12.8. The van der Waals surface area contributed by atoms with E-state index in [9.17, 15) is 13.2 Å². The van der Waals surface area contributed by atoms with E-state index >= 15 is 0 Å². The molecule has 4 nitrogen and oxygen atoms in total. The molecule has 0 saturated carbocycles. The number of aromatic nitrogens is 2. The normalized spacial score (nSPS) is 13.6. The lowest BCUT2D eigenvalue weighted by molar-refractivity contribution is -0.137. The van der Waals surface area contributed by atoms with Gasteiger partial charge in [-0.15, -0.1) is 0 Å². The van der Waals surface area contributed by atoms with Crippen LogP contribution < -0.4 is 9.80 Å². The number of hydrogen-bond acceptors (Lipinski definition) is 4. The molecule has 0 N–H and O–H groups in total. The van der Waals surface area contributed by atoms with E-state index in [0.717, 1.165) is 50.4 Å². The molecule has 0 aliphatic carbocycles. The van der Waals surface area contributed by atoms with E-state index in [4.69, 9.17) is 0 Å². The fourth-order valence-electron chi connectivity index (χ4n) is 4.64. The highest BCUT2D eigenvalue weighted by atomic mass is 19.4. The van der Waals surface area contributed by atoms with Gasteiger partial charge in [0.2, 0.25) is 0 Å². The second-order valence-corrected chi connectivity index (χ2v) is 8.42. The van der Waals surface area contributed by atoms with Crippen LogP contribution in [0.1, 0.15) is 5.56 Å². The number of halogens is 3. The van der Waals surface area contributed by atoms with Crippen LogP contribution in [-0.4, -0.2) is 23.7 Å². The number of alkyl halides is 3. The van der Waals surface area contributed by atoms with Crippen molar-refractivity contribution in [2.24, 2.45) is 0 Å². The Balaban J connectivity index is 1.56. The molecule has 0 spiro atoms. The van der Waals surface area contributed by atoms with Gasteiger partial charge in [-0.2, -0.15) is 13.2 Å². The summed E-state index contributed by atoms with van der Waals surface area (Å²) in [6, 6.07) is 21.5. The van der Waals surface area contributed by atoms with Crippen LogP contribution in [0.5, 0.6) is 0 Å². The number of rotatable bonds is 2. The minimum Gasteiger partial charge on any atom is -0.354 e. The minimum absolute atomic E-state index is 0.130. The molecular weight excluding hydrogens is 437 g/mol. The van der Waals surface area contributed by atoms with Gasteiger partial charge in [0.05, 0.1) is 46.5 Å². The first kappa shape index (κ1) is 20.5. The largest absolute Gasteiger partial charge is 0.418 e. The van der Waals surface area contributed by atoms with Gasteiger partial charge in [-0.25, -0.2) is 0 Å². The van der Waals surface area contributed by atoms with Crippen molar-refractivity contribution in [2.75, 3.05) is 23.5 Å². The highest BCUT2D eigenvalue weighted by Gasteiger charge is 2.37. The Morgan fingerprint density at radius 2 is 1.53 bits per heavy atom. The Morgan fingerprint density at radius 1 is 0.765 bits per heavy atom. The lowest BCUT2D eigenvalue weighted by Gasteiger charge is -2.24. The Morgan fingerprint density at radius 3 is 2.38 bits per heavy atom. The third-order valence-electron chi connectivity index (χ3n) is 6.28. The smallest absolute Gasteiger partial charge is 0.354 e. The maximum Gasteiger partial charge on any atom is 0.418 e. The summed E-state index contributed by atoms with van der Waals surface area (Å²) >= 11 is 0. The zero-order chi connectivity index (χ0) is 23.4. The molecule has 5 aromatic rings. The van der Waals surface area contributed by atoms with Crippen molar-refractivity contribution in [2.45, 2.75) is 6.18 Å². The quantitative estimate of drug-likeness (QED) is 0.286. The summed E-state index contributed by atoms with van der Waals surface area (Å²) in [6.45, 7) is 0.297. The van der Waals surface area contributed by atoms with Crippen LogP contribution in [0.25, 0.3) is 32.9 Å². The zero-order valence-corrected chi connectivity index (χ0v) is 18.2. The maximum atomic E-state index is 13.8. The van der Waals surface area contributed by atoms with E-state index < -0.39 is 11.7 Å². The molecule has 3 heterocycles. The number of benzene rings is 3. The molecule has 1 aliphatic rings. The average Bonchev–Trinajstić information content (AvgIpc) is 3.19. The van der Waals surface area contributed by atoms with Crippen molar-refractivity contribution < 1.29 is 13.2 Å². The van der Waals surface area contributed by atoms with Crippen LogP contribution in [0.3, 0.4) is 0 Å². The molecule has 0 fully saturated rings. The minimum atomic E-state index is -4.46. The van der Waals surface area contributed by atoms with Gasteiger partial charge >= 0.3 is 6.18 Å². The van der Waals surface area contributed by atoms with Crippen molar-refractivity contribution in [3.05, 3.63) is 90.8 Å². The molecule has 0 atom stereocenters. The molecule has 7 heteroatoms. The Kier molecular flexibility index (Phi) is 4.49. The van der Waals surface area contributed by atoms with E-state index in [1.54, 1.807) is 17.2 Å². The fourth-order valence-corrected chi connectivity index (χ4v) is 4.64. The molecule has 0 amide bonds. The fraction of sp³-hybridized carbons (Fsp3) is 0.111. The van der Waals surface area contributed by atoms with Crippen molar-refractivity contribution in [1.82, 2.24) is 9.97 Å². The summed E-state index contributed by atoms with van der Waals surface area (Å²) in [6.07, 6.45) is -0.906. The van der Waals surface area contributed by atoms with E-state index in [-0.39, 0.29) is 5.69 Å². The average molecular weight is 456 g/mol. The van der Waals surface area contributed by atoms with Crippen molar-refractivity contribution in [1.29, 1.82) is 0 Å². The molecule has 2 aromatic heterocycles. The predicted octanol–water partition coefficient (Wildman–Crippen LogP) is 7.01. The van der Waals surface area contributed by atoms with Gasteiger partial charge in [0.1, 0.15) is 0 Å². The first-order valence-corrected chi connectivity index (χ1v) is 10.8. The molecule has 1 aliphatic heterocycles. The highest BCUT2D eigenvalue weighted by Crippen LogP contribution is 2.48. The van der Waals surface area contributed by atoms with Crippen LogP contribution in [0.4, 0.5) is 30.2 Å². The number of pyridine rings is 2. The van der Waals surface area contributed by atoms with Crippen LogP contribution in [0.2, 0.25) is 0 Å². The lowest BCUT2D eigenvalue weighted by Crippen LogP contribution is -2.26. The summed E-state index contributed by atoms with van der Waals surface area (Å²) in [5.41, 5.74) is 4.48. The number of hydrogen-bond donors (Lipinski definition) is 0. The molecule has 6 rings (SSSR count). The number of fused-ring (bicyclic) bond motifs is 4. The second-order valence-electron chi connectivity index (χ2n) is 8.42. The van der Waals surface area contributed by atoms with E-state index in [1.807, 2.05) is 60.6 Å². The summed E-state index contributed by atoms with van der Waals surface area (Å²) in [5.74, 6) is 0. The first-order valence-electron chi connectivity index (χ1n) is 10.8. The third kappa shape index (κ3) is 3.23. The van der Waals surface area contributed by atoms with Crippen molar-refractivity contribution in [3.8, 4) is 11.1 Å². The van der Waals surface area contributed by atoms with E-state index in [1.165, 1.54) is 12.1 Å². The number of anilines is 3. The molecule has 3 aromatic carbocycles. The SMILES string of the molecule is CN1CN(c2ccccc2C(F)(F)F)c2c1cnc1ccc(-c3cnc4ccccc4c3)cc21. The zero-order valence-electron chi connectivity index (χ0n) is 18.2. The monoisotopic (exact) mass is 456 g/mol. The molecular formula is C27H19F3N4. The second kappa shape index (κ2) is 7.45.